The van der Waals surface area contributed by atoms with Crippen molar-refractivity contribution in [2.75, 3.05) is 0 Å². The second kappa shape index (κ2) is 4.43. The molecule has 0 spiro atoms. The number of benzene rings is 1. The first-order valence-electron chi connectivity index (χ1n) is 4.44. The lowest BCUT2D eigenvalue weighted by Crippen LogP contribution is -1.97. The Labute approximate surface area is 99.9 Å². The van der Waals surface area contributed by atoms with Crippen molar-refractivity contribution >= 4 is 27.3 Å². The molecule has 0 atom stereocenters. The van der Waals surface area contributed by atoms with Crippen LogP contribution in [0, 0.1) is 5.82 Å². The number of nitrogens with two attached hydrogens (primary N) is 1. The summed E-state index contributed by atoms with van der Waals surface area (Å²) in [7, 11) is 0. The van der Waals surface area contributed by atoms with E-state index in [2.05, 4.69) is 15.9 Å². The minimum Gasteiger partial charge on any atom is -0.326 e. The van der Waals surface area contributed by atoms with Crippen LogP contribution >= 0.6 is 27.3 Å². The number of halogens is 2. The Morgan fingerprint density at radius 1 is 1.33 bits per heavy atom. The molecule has 15 heavy (non-hydrogen) atoms. The van der Waals surface area contributed by atoms with E-state index in [1.807, 2.05) is 17.5 Å². The van der Waals surface area contributed by atoms with Crippen LogP contribution in [0.3, 0.4) is 0 Å². The van der Waals surface area contributed by atoms with E-state index in [0.717, 1.165) is 14.9 Å². The molecule has 0 radical (unpaired) electrons. The highest BCUT2D eigenvalue weighted by Gasteiger charge is 2.10. The van der Waals surface area contributed by atoms with Gasteiger partial charge in [0, 0.05) is 16.6 Å². The molecule has 1 aromatic carbocycles. The molecule has 2 N–H and O–H groups in total. The number of hydrogen-bond acceptors (Lipinski definition) is 2. The molecule has 0 aliphatic carbocycles. The number of thiophene rings is 1. The molecule has 78 valence electrons. The SMILES string of the molecule is NCc1ccc(-c2sccc2Br)c(F)c1. The van der Waals surface area contributed by atoms with Gasteiger partial charge in [0.05, 0.1) is 4.88 Å². The average Bonchev–Trinajstić information content (AvgIpc) is 2.64. The largest absolute Gasteiger partial charge is 0.326 e. The van der Waals surface area contributed by atoms with Crippen molar-refractivity contribution in [3.05, 3.63) is 45.5 Å². The summed E-state index contributed by atoms with van der Waals surface area (Å²) in [5.41, 5.74) is 6.87. The molecule has 0 fully saturated rings. The molecule has 1 heterocycles. The molecule has 1 nitrogen and oxygen atoms in total. The molecule has 1 aromatic heterocycles. The Bertz CT molecular complexity index is 481. The summed E-state index contributed by atoms with van der Waals surface area (Å²) in [4.78, 5) is 0.913. The maximum atomic E-state index is 13.7. The standard InChI is InChI=1S/C11H9BrFNS/c12-9-3-4-15-11(9)8-2-1-7(6-14)5-10(8)13/h1-5H,6,14H2. The highest BCUT2D eigenvalue weighted by atomic mass is 79.9. The van der Waals surface area contributed by atoms with Gasteiger partial charge in [0.2, 0.25) is 0 Å². The predicted octanol–water partition coefficient (Wildman–Crippen LogP) is 3.78. The van der Waals surface area contributed by atoms with E-state index in [1.165, 1.54) is 17.4 Å². The van der Waals surface area contributed by atoms with E-state index in [1.54, 1.807) is 6.07 Å². The van der Waals surface area contributed by atoms with E-state index in [0.29, 0.717) is 12.1 Å². The van der Waals surface area contributed by atoms with Gasteiger partial charge >= 0.3 is 0 Å². The van der Waals surface area contributed by atoms with Crippen LogP contribution in [0.5, 0.6) is 0 Å². The molecular formula is C11H9BrFNS. The maximum absolute atomic E-state index is 13.7. The first-order valence-corrected chi connectivity index (χ1v) is 6.11. The zero-order chi connectivity index (χ0) is 10.8. The molecular weight excluding hydrogens is 277 g/mol. The summed E-state index contributed by atoms with van der Waals surface area (Å²) in [5.74, 6) is -0.221. The lowest BCUT2D eigenvalue weighted by atomic mass is 10.1. The highest BCUT2D eigenvalue weighted by molar-refractivity contribution is 9.10. The van der Waals surface area contributed by atoms with E-state index in [9.17, 15) is 4.39 Å². The van der Waals surface area contributed by atoms with Gasteiger partial charge in [-0.15, -0.1) is 11.3 Å². The van der Waals surface area contributed by atoms with Gasteiger partial charge in [-0.1, -0.05) is 12.1 Å². The highest BCUT2D eigenvalue weighted by Crippen LogP contribution is 2.35. The Hall–Kier alpha value is -0.710. The number of rotatable bonds is 2. The summed E-state index contributed by atoms with van der Waals surface area (Å²) in [6, 6.07) is 7.02. The molecule has 0 saturated carbocycles. The lowest BCUT2D eigenvalue weighted by molar-refractivity contribution is 0.629. The van der Waals surface area contributed by atoms with Crippen LogP contribution in [0.15, 0.2) is 34.1 Å². The Balaban J connectivity index is 2.50. The van der Waals surface area contributed by atoms with Crippen molar-refractivity contribution in [3.8, 4) is 10.4 Å². The third-order valence-electron chi connectivity index (χ3n) is 2.13. The lowest BCUT2D eigenvalue weighted by Gasteiger charge is -2.03. The summed E-state index contributed by atoms with van der Waals surface area (Å²) in [6.07, 6.45) is 0. The summed E-state index contributed by atoms with van der Waals surface area (Å²) >= 11 is 4.90. The van der Waals surface area contributed by atoms with Gasteiger partial charge in [0.25, 0.3) is 0 Å². The Kier molecular flexibility index (Phi) is 3.19. The monoisotopic (exact) mass is 285 g/mol. The van der Waals surface area contributed by atoms with Crippen molar-refractivity contribution in [1.82, 2.24) is 0 Å². The normalized spacial score (nSPS) is 10.6. The predicted molar refractivity (Wildman–Crippen MR) is 65.3 cm³/mol. The maximum Gasteiger partial charge on any atom is 0.132 e. The molecule has 0 aliphatic rings. The molecule has 2 rings (SSSR count). The van der Waals surface area contributed by atoms with Crippen LogP contribution in [0.1, 0.15) is 5.56 Å². The van der Waals surface area contributed by atoms with Crippen LogP contribution < -0.4 is 5.73 Å². The Morgan fingerprint density at radius 2 is 2.13 bits per heavy atom. The summed E-state index contributed by atoms with van der Waals surface area (Å²) < 4.78 is 14.6. The van der Waals surface area contributed by atoms with Gasteiger partial charge in [-0.05, 0) is 39.0 Å². The molecule has 0 amide bonds. The second-order valence-corrected chi connectivity index (χ2v) is 4.89. The third-order valence-corrected chi connectivity index (χ3v) is 4.00. The fourth-order valence-corrected chi connectivity index (χ4v) is 2.97. The summed E-state index contributed by atoms with van der Waals surface area (Å²) in [6.45, 7) is 0.364. The fourth-order valence-electron chi connectivity index (χ4n) is 1.36. The van der Waals surface area contributed by atoms with E-state index < -0.39 is 0 Å². The third kappa shape index (κ3) is 2.12. The first-order chi connectivity index (χ1) is 7.22. The zero-order valence-corrected chi connectivity index (χ0v) is 10.2. The second-order valence-electron chi connectivity index (χ2n) is 3.12. The van der Waals surface area contributed by atoms with E-state index >= 15 is 0 Å². The zero-order valence-electron chi connectivity index (χ0n) is 7.84. The van der Waals surface area contributed by atoms with Crippen molar-refractivity contribution < 1.29 is 4.39 Å². The van der Waals surface area contributed by atoms with Crippen LogP contribution in [0.4, 0.5) is 4.39 Å². The van der Waals surface area contributed by atoms with Gasteiger partial charge in [-0.2, -0.15) is 0 Å². The van der Waals surface area contributed by atoms with Crippen LogP contribution in [-0.4, -0.2) is 0 Å². The Morgan fingerprint density at radius 3 is 2.67 bits per heavy atom. The smallest absolute Gasteiger partial charge is 0.132 e. The van der Waals surface area contributed by atoms with E-state index in [-0.39, 0.29) is 5.82 Å². The van der Waals surface area contributed by atoms with Gasteiger partial charge < -0.3 is 5.73 Å². The minimum atomic E-state index is -0.221. The van der Waals surface area contributed by atoms with E-state index in [4.69, 9.17) is 5.73 Å². The van der Waals surface area contributed by atoms with Crippen LogP contribution in [0.25, 0.3) is 10.4 Å². The van der Waals surface area contributed by atoms with Gasteiger partial charge in [0.15, 0.2) is 0 Å². The molecule has 0 saturated heterocycles. The van der Waals surface area contributed by atoms with Crippen LogP contribution in [0.2, 0.25) is 0 Å². The molecule has 0 aliphatic heterocycles. The molecule has 2 aromatic rings. The van der Waals surface area contributed by atoms with Crippen molar-refractivity contribution in [2.24, 2.45) is 5.73 Å². The molecule has 0 bridgehead atoms. The van der Waals surface area contributed by atoms with Gasteiger partial charge in [0.1, 0.15) is 5.82 Å². The van der Waals surface area contributed by atoms with Crippen molar-refractivity contribution in [1.29, 1.82) is 0 Å². The van der Waals surface area contributed by atoms with Crippen LogP contribution in [-0.2, 0) is 6.54 Å². The summed E-state index contributed by atoms with van der Waals surface area (Å²) in [5, 5.41) is 1.93. The van der Waals surface area contributed by atoms with Gasteiger partial charge in [-0.3, -0.25) is 0 Å². The van der Waals surface area contributed by atoms with Crippen molar-refractivity contribution in [3.63, 3.8) is 0 Å². The minimum absolute atomic E-state index is 0.221. The van der Waals surface area contributed by atoms with Gasteiger partial charge in [-0.25, -0.2) is 4.39 Å². The molecule has 4 heteroatoms. The quantitative estimate of drug-likeness (QED) is 0.893. The van der Waals surface area contributed by atoms with Crippen molar-refractivity contribution in [2.45, 2.75) is 6.54 Å². The number of hydrogen-bond donors (Lipinski definition) is 1. The first kappa shape index (κ1) is 10.8. The average molecular weight is 286 g/mol. The molecule has 0 unspecified atom stereocenters. The topological polar surface area (TPSA) is 26.0 Å². The fraction of sp³-hybridized carbons (Fsp3) is 0.0909.